The number of hydrogen-bond donors (Lipinski definition) is 1. The first-order valence-corrected chi connectivity index (χ1v) is 16.1. The molecule has 1 N–H and O–H groups in total. The lowest BCUT2D eigenvalue weighted by molar-refractivity contribution is -0.968. The Balaban J connectivity index is 1.05. The maximum atomic E-state index is 13.8. The van der Waals surface area contributed by atoms with Gasteiger partial charge in [0.15, 0.2) is 12.2 Å². The summed E-state index contributed by atoms with van der Waals surface area (Å²) in [6, 6.07) is 22.2. The second kappa shape index (κ2) is 11.5. The van der Waals surface area contributed by atoms with Crippen LogP contribution >= 0.6 is 0 Å². The zero-order valence-electron chi connectivity index (χ0n) is 25.5. The van der Waals surface area contributed by atoms with Crippen LogP contribution < -0.4 is 4.74 Å². The normalized spacial score (nSPS) is 30.4. The Hall–Kier alpha value is -3.46. The fourth-order valence-electron chi connectivity index (χ4n) is 8.39. The minimum absolute atomic E-state index is 0.108. The number of rotatable bonds is 10. The molecular weight excluding hydrogens is 558 g/mol. The van der Waals surface area contributed by atoms with Crippen LogP contribution in [0, 0.1) is 5.92 Å². The van der Waals surface area contributed by atoms with Crippen molar-refractivity contribution in [2.75, 3.05) is 20.3 Å². The van der Waals surface area contributed by atoms with Crippen molar-refractivity contribution in [1.82, 2.24) is 0 Å². The molecule has 7 rings (SSSR count). The fraction of sp³-hybridized carbons (Fsp3) is 0.500. The molecule has 4 aliphatic rings. The average molecular weight is 601 g/mol. The van der Waals surface area contributed by atoms with E-state index in [0.29, 0.717) is 17.9 Å². The summed E-state index contributed by atoms with van der Waals surface area (Å²) in [6.07, 6.45) is 5.31. The van der Waals surface area contributed by atoms with Gasteiger partial charge < -0.3 is 28.5 Å². The predicted octanol–water partition coefficient (Wildman–Crippen LogP) is 5.03. The van der Waals surface area contributed by atoms with E-state index in [9.17, 15) is 14.7 Å². The molecule has 5 unspecified atom stereocenters. The highest BCUT2D eigenvalue weighted by molar-refractivity contribution is 5.84. The fourth-order valence-corrected chi connectivity index (χ4v) is 8.39. The Labute approximate surface area is 258 Å². The van der Waals surface area contributed by atoms with E-state index < -0.39 is 11.6 Å². The molecule has 0 amide bonds. The molecule has 8 nitrogen and oxygen atoms in total. The molecule has 3 heterocycles. The van der Waals surface area contributed by atoms with E-state index in [4.69, 9.17) is 18.9 Å². The molecule has 44 heavy (non-hydrogen) atoms. The Morgan fingerprint density at radius 1 is 0.955 bits per heavy atom. The molecule has 3 aromatic rings. The number of quaternary nitrogens is 1. The number of nitrogens with zero attached hydrogens (tertiary/aromatic N) is 1. The van der Waals surface area contributed by atoms with Crippen molar-refractivity contribution in [3.8, 4) is 5.75 Å². The summed E-state index contributed by atoms with van der Waals surface area (Å²) in [5.41, 5.74) is 0.267. The third kappa shape index (κ3) is 5.17. The zero-order chi connectivity index (χ0) is 30.5. The van der Waals surface area contributed by atoms with Crippen molar-refractivity contribution in [3.05, 3.63) is 77.9 Å². The number of esters is 2. The van der Waals surface area contributed by atoms with Gasteiger partial charge in [0.05, 0.1) is 13.7 Å². The maximum Gasteiger partial charge on any atom is 0.344 e. The highest BCUT2D eigenvalue weighted by Crippen LogP contribution is 2.54. The number of aliphatic hydroxyl groups is 1. The number of carbonyl (C=O) groups excluding carboxylic acids is 2. The summed E-state index contributed by atoms with van der Waals surface area (Å²) >= 11 is 0. The standard InChI is InChI=1S/C36H42NO7/c1-3-41-32(38)22-42-28-16-15-24-17-23(13-14-25(24)18-28)21-37(2)30-19-29(20-31(37)34-33(30)44-34)43-35(39)36(40,27-11-7-8-12-27)26-9-5-4-6-10-26/h4-6,9-10,13-18,27,29-31,33-34,40H,3,7-8,11-12,19-22H2,1-2H3/q+1. The summed E-state index contributed by atoms with van der Waals surface area (Å²) in [5, 5.41) is 14.1. The number of hydrogen-bond acceptors (Lipinski definition) is 7. The van der Waals surface area contributed by atoms with Crippen LogP contribution in [0.3, 0.4) is 0 Å². The second-order valence-electron chi connectivity index (χ2n) is 13.3. The van der Waals surface area contributed by atoms with E-state index in [-0.39, 0.29) is 48.9 Å². The molecule has 8 heteroatoms. The summed E-state index contributed by atoms with van der Waals surface area (Å²) < 4.78 is 23.8. The molecule has 3 aliphatic heterocycles. The van der Waals surface area contributed by atoms with Crippen LogP contribution in [0.1, 0.15) is 56.6 Å². The number of epoxide rings is 1. The molecule has 232 valence electrons. The number of carbonyl (C=O) groups is 2. The minimum Gasteiger partial charge on any atom is -0.482 e. The van der Waals surface area contributed by atoms with Gasteiger partial charge in [-0.15, -0.1) is 0 Å². The SMILES string of the molecule is CCOC(=O)COc1ccc2cc(C[N+]3(C)C4CC(OC(=O)C(O)(c5ccccc5)C5CCCC5)CC3C3OC34)ccc2c1. The van der Waals surface area contributed by atoms with Gasteiger partial charge in [0.25, 0.3) is 0 Å². The monoisotopic (exact) mass is 600 g/mol. The number of fused-ring (bicyclic) bond motifs is 6. The smallest absolute Gasteiger partial charge is 0.344 e. The van der Waals surface area contributed by atoms with Crippen LogP contribution in [0.25, 0.3) is 10.8 Å². The van der Waals surface area contributed by atoms with Gasteiger partial charge in [-0.05, 0) is 54.3 Å². The quantitative estimate of drug-likeness (QED) is 0.198. The molecule has 0 radical (unpaired) electrons. The van der Waals surface area contributed by atoms with Crippen molar-refractivity contribution in [1.29, 1.82) is 0 Å². The maximum absolute atomic E-state index is 13.8. The molecule has 3 saturated heterocycles. The van der Waals surface area contributed by atoms with Crippen LogP contribution in [0.5, 0.6) is 5.75 Å². The molecule has 1 saturated carbocycles. The lowest BCUT2D eigenvalue weighted by Gasteiger charge is -2.48. The van der Waals surface area contributed by atoms with E-state index >= 15 is 0 Å². The summed E-state index contributed by atoms with van der Waals surface area (Å²) in [7, 11) is 2.32. The number of piperidine rings is 1. The van der Waals surface area contributed by atoms with Gasteiger partial charge in [-0.25, -0.2) is 9.59 Å². The minimum atomic E-state index is -1.61. The highest BCUT2D eigenvalue weighted by Gasteiger charge is 2.72. The first-order valence-electron chi connectivity index (χ1n) is 16.1. The largest absolute Gasteiger partial charge is 0.482 e. The van der Waals surface area contributed by atoms with Crippen LogP contribution in [0.15, 0.2) is 66.7 Å². The molecule has 5 atom stereocenters. The molecule has 2 bridgehead atoms. The van der Waals surface area contributed by atoms with E-state index in [2.05, 4.69) is 25.2 Å². The van der Waals surface area contributed by atoms with Crippen molar-refractivity contribution in [2.45, 2.75) is 88.0 Å². The van der Waals surface area contributed by atoms with E-state index in [1.54, 1.807) is 6.92 Å². The molecule has 0 spiro atoms. The van der Waals surface area contributed by atoms with E-state index in [1.807, 2.05) is 48.5 Å². The summed E-state index contributed by atoms with van der Waals surface area (Å²) in [6.45, 7) is 2.86. The summed E-state index contributed by atoms with van der Waals surface area (Å²) in [5.74, 6) is -0.360. The predicted molar refractivity (Wildman–Crippen MR) is 164 cm³/mol. The molecule has 0 aromatic heterocycles. The third-order valence-electron chi connectivity index (χ3n) is 10.7. The Kier molecular flexibility index (Phi) is 7.63. The topological polar surface area (TPSA) is 94.6 Å². The van der Waals surface area contributed by atoms with E-state index in [0.717, 1.165) is 60.3 Å². The second-order valence-corrected chi connectivity index (χ2v) is 13.3. The first-order chi connectivity index (χ1) is 21.3. The van der Waals surface area contributed by atoms with Crippen molar-refractivity contribution >= 4 is 22.7 Å². The van der Waals surface area contributed by atoms with Gasteiger partial charge in [-0.3, -0.25) is 0 Å². The average Bonchev–Trinajstić information content (AvgIpc) is 3.58. The number of ether oxygens (including phenoxy) is 4. The Bertz CT molecular complexity index is 1520. The van der Waals surface area contributed by atoms with Gasteiger partial charge >= 0.3 is 11.9 Å². The van der Waals surface area contributed by atoms with Gasteiger partial charge in [-0.2, -0.15) is 0 Å². The van der Waals surface area contributed by atoms with Crippen molar-refractivity contribution in [3.63, 3.8) is 0 Å². The zero-order valence-corrected chi connectivity index (χ0v) is 25.5. The van der Waals surface area contributed by atoms with Gasteiger partial charge in [-0.1, -0.05) is 61.4 Å². The van der Waals surface area contributed by atoms with Crippen LogP contribution in [-0.2, 0) is 35.9 Å². The number of morpholine rings is 1. The van der Waals surface area contributed by atoms with Crippen LogP contribution in [0.2, 0.25) is 0 Å². The van der Waals surface area contributed by atoms with Crippen molar-refractivity contribution in [2.24, 2.45) is 5.92 Å². The lowest BCUT2D eigenvalue weighted by Crippen LogP contribution is -2.62. The molecule has 1 aliphatic carbocycles. The molecular formula is C36H42NO7+. The first kappa shape index (κ1) is 29.3. The lowest BCUT2D eigenvalue weighted by atomic mass is 9.80. The Morgan fingerprint density at radius 2 is 1.64 bits per heavy atom. The van der Waals surface area contributed by atoms with Crippen LogP contribution in [-0.4, -0.2) is 72.2 Å². The number of likely N-dealkylation sites (N-methyl/N-ethyl adjacent to an activating group) is 1. The molecule has 4 fully saturated rings. The van der Waals surface area contributed by atoms with Gasteiger partial charge in [0.2, 0.25) is 0 Å². The van der Waals surface area contributed by atoms with Crippen molar-refractivity contribution < 1.29 is 38.1 Å². The Morgan fingerprint density at radius 3 is 2.34 bits per heavy atom. The summed E-state index contributed by atoms with van der Waals surface area (Å²) in [4.78, 5) is 25.5. The van der Waals surface area contributed by atoms with Gasteiger partial charge in [0, 0.05) is 24.3 Å². The molecule has 3 aromatic carbocycles. The third-order valence-corrected chi connectivity index (χ3v) is 10.7. The number of benzene rings is 3. The van der Waals surface area contributed by atoms with E-state index in [1.165, 1.54) is 5.56 Å². The van der Waals surface area contributed by atoms with Crippen LogP contribution in [0.4, 0.5) is 0 Å². The highest BCUT2D eigenvalue weighted by atomic mass is 16.6. The van der Waals surface area contributed by atoms with Gasteiger partial charge in [0.1, 0.15) is 42.7 Å².